The van der Waals surface area contributed by atoms with Gasteiger partial charge in [-0.15, -0.1) is 0 Å². The van der Waals surface area contributed by atoms with E-state index in [0.717, 1.165) is 12.0 Å². The van der Waals surface area contributed by atoms with Crippen molar-refractivity contribution in [2.75, 3.05) is 14.1 Å². The fraction of sp³-hybridized carbons (Fsp3) is 0.571. The molecule has 0 spiro atoms. The number of nitrogens with two attached hydrogens (primary N) is 1. The van der Waals surface area contributed by atoms with E-state index in [1.807, 2.05) is 18.2 Å². The minimum atomic E-state index is -0.0722. The molecule has 1 aromatic rings. The van der Waals surface area contributed by atoms with Crippen LogP contribution in [-0.2, 0) is 6.42 Å². The van der Waals surface area contributed by atoms with Crippen LogP contribution in [0.25, 0.3) is 0 Å². The normalized spacial score (nSPS) is 16.4. The Balaban J connectivity index is 3.06. The topological polar surface area (TPSA) is 41.3 Å². The van der Waals surface area contributed by atoms with Gasteiger partial charge < -0.3 is 4.90 Å². The van der Waals surface area contributed by atoms with Gasteiger partial charge >= 0.3 is 0 Å². The van der Waals surface area contributed by atoms with Gasteiger partial charge in [0.2, 0.25) is 0 Å². The van der Waals surface area contributed by atoms with Crippen LogP contribution in [0.15, 0.2) is 18.2 Å². The summed E-state index contributed by atoms with van der Waals surface area (Å²) in [6.45, 7) is 4.33. The van der Waals surface area contributed by atoms with Crippen LogP contribution < -0.4 is 11.3 Å². The van der Waals surface area contributed by atoms with Crippen LogP contribution in [0.5, 0.6) is 0 Å². The number of hydrogen-bond donors (Lipinski definition) is 2. The molecule has 0 saturated carbocycles. The van der Waals surface area contributed by atoms with Gasteiger partial charge in [0.15, 0.2) is 0 Å². The summed E-state index contributed by atoms with van der Waals surface area (Å²) >= 11 is 12.5. The van der Waals surface area contributed by atoms with Crippen molar-refractivity contribution in [2.24, 2.45) is 5.84 Å². The summed E-state index contributed by atoms with van der Waals surface area (Å²) < 4.78 is 0. The highest BCUT2D eigenvalue weighted by Crippen LogP contribution is 2.30. The Morgan fingerprint density at radius 3 is 2.21 bits per heavy atom. The van der Waals surface area contributed by atoms with Crippen molar-refractivity contribution >= 4 is 23.2 Å². The molecule has 0 radical (unpaired) electrons. The monoisotopic (exact) mass is 303 g/mol. The first-order valence-corrected chi connectivity index (χ1v) is 7.18. The molecule has 0 saturated heterocycles. The van der Waals surface area contributed by atoms with Crippen molar-refractivity contribution in [2.45, 2.75) is 38.3 Å². The summed E-state index contributed by atoms with van der Waals surface area (Å²) in [5.74, 6) is 5.76. The maximum absolute atomic E-state index is 6.24. The fourth-order valence-corrected chi connectivity index (χ4v) is 2.82. The first-order valence-electron chi connectivity index (χ1n) is 6.43. The second kappa shape index (κ2) is 6.91. The molecular weight excluding hydrogens is 281 g/mol. The second-order valence-corrected chi connectivity index (χ2v) is 6.04. The summed E-state index contributed by atoms with van der Waals surface area (Å²) in [6.07, 6.45) is 1.66. The van der Waals surface area contributed by atoms with Crippen molar-refractivity contribution < 1.29 is 0 Å². The molecular formula is C14H23Cl2N3. The van der Waals surface area contributed by atoms with E-state index in [0.29, 0.717) is 16.5 Å². The summed E-state index contributed by atoms with van der Waals surface area (Å²) in [4.78, 5) is 2.18. The molecule has 3 nitrogen and oxygen atoms in total. The Hall–Kier alpha value is -0.320. The summed E-state index contributed by atoms with van der Waals surface area (Å²) in [6, 6.07) is 5.62. The minimum Gasteiger partial charge on any atom is -0.302 e. The highest BCUT2D eigenvalue weighted by Gasteiger charge is 2.34. The van der Waals surface area contributed by atoms with Crippen molar-refractivity contribution in [3.8, 4) is 0 Å². The van der Waals surface area contributed by atoms with Crippen molar-refractivity contribution in [3.05, 3.63) is 33.8 Å². The standard InChI is InChI=1S/C14H23Cl2N3/c1-5-14(2,19(3)4)13(18-17)9-10-11(15)7-6-8-12(10)16/h6-8,13,18H,5,9,17H2,1-4H3. The Bertz CT molecular complexity index is 403. The maximum atomic E-state index is 6.24. The lowest BCUT2D eigenvalue weighted by Gasteiger charge is -2.42. The van der Waals surface area contributed by atoms with E-state index in [-0.39, 0.29) is 11.6 Å². The fourth-order valence-electron chi connectivity index (χ4n) is 2.26. The lowest BCUT2D eigenvalue weighted by Crippen LogP contribution is -2.59. The SMILES string of the molecule is CCC(C)(C(Cc1c(Cl)cccc1Cl)NN)N(C)C. The van der Waals surface area contributed by atoms with E-state index in [9.17, 15) is 0 Å². The highest BCUT2D eigenvalue weighted by molar-refractivity contribution is 6.36. The molecule has 5 heteroatoms. The van der Waals surface area contributed by atoms with Crippen LogP contribution in [0.4, 0.5) is 0 Å². The average Bonchev–Trinajstić information content (AvgIpc) is 2.37. The summed E-state index contributed by atoms with van der Waals surface area (Å²) in [5, 5.41) is 1.37. The number of benzene rings is 1. The molecule has 108 valence electrons. The van der Waals surface area contributed by atoms with Gasteiger partial charge in [0.1, 0.15) is 0 Å². The molecule has 2 atom stereocenters. The van der Waals surface area contributed by atoms with Crippen LogP contribution >= 0.6 is 23.2 Å². The van der Waals surface area contributed by atoms with Crippen LogP contribution in [0.3, 0.4) is 0 Å². The van der Waals surface area contributed by atoms with E-state index < -0.39 is 0 Å². The van der Waals surface area contributed by atoms with Crippen molar-refractivity contribution in [1.29, 1.82) is 0 Å². The number of nitrogens with zero attached hydrogens (tertiary/aromatic N) is 1. The van der Waals surface area contributed by atoms with E-state index in [4.69, 9.17) is 29.0 Å². The predicted octanol–water partition coefficient (Wildman–Crippen LogP) is 3.10. The molecule has 1 aromatic carbocycles. The van der Waals surface area contributed by atoms with E-state index in [2.05, 4.69) is 38.3 Å². The van der Waals surface area contributed by atoms with Gasteiger partial charge in [-0.25, -0.2) is 0 Å². The third kappa shape index (κ3) is 3.61. The Morgan fingerprint density at radius 1 is 1.32 bits per heavy atom. The highest BCUT2D eigenvalue weighted by atomic mass is 35.5. The Labute approximate surface area is 126 Å². The third-order valence-electron chi connectivity index (χ3n) is 4.16. The quantitative estimate of drug-likeness (QED) is 0.627. The third-order valence-corrected chi connectivity index (χ3v) is 4.87. The number of rotatable bonds is 6. The number of nitrogens with one attached hydrogen (secondary N) is 1. The number of likely N-dealkylation sites (N-methyl/N-ethyl adjacent to an activating group) is 1. The molecule has 0 aliphatic heterocycles. The maximum Gasteiger partial charge on any atom is 0.0453 e. The van der Waals surface area contributed by atoms with Gasteiger partial charge in [-0.1, -0.05) is 36.2 Å². The lowest BCUT2D eigenvalue weighted by atomic mass is 9.84. The predicted molar refractivity (Wildman–Crippen MR) is 83.7 cm³/mol. The Morgan fingerprint density at radius 2 is 1.84 bits per heavy atom. The molecule has 0 bridgehead atoms. The molecule has 0 aliphatic rings. The molecule has 1 rings (SSSR count). The van der Waals surface area contributed by atoms with Gasteiger partial charge in [-0.05, 0) is 51.6 Å². The lowest BCUT2D eigenvalue weighted by molar-refractivity contribution is 0.112. The average molecular weight is 304 g/mol. The van der Waals surface area contributed by atoms with Gasteiger partial charge in [0, 0.05) is 21.6 Å². The molecule has 2 unspecified atom stereocenters. The molecule has 0 amide bonds. The number of hydrogen-bond acceptors (Lipinski definition) is 3. The van der Waals surface area contributed by atoms with E-state index in [1.54, 1.807) is 0 Å². The van der Waals surface area contributed by atoms with E-state index in [1.165, 1.54) is 0 Å². The first-order chi connectivity index (χ1) is 8.86. The molecule has 19 heavy (non-hydrogen) atoms. The molecule has 0 aromatic heterocycles. The smallest absolute Gasteiger partial charge is 0.0453 e. The van der Waals surface area contributed by atoms with Crippen LogP contribution in [0.1, 0.15) is 25.8 Å². The van der Waals surface area contributed by atoms with Crippen LogP contribution in [0.2, 0.25) is 10.0 Å². The summed E-state index contributed by atoms with van der Waals surface area (Å²) in [7, 11) is 4.12. The first kappa shape index (κ1) is 16.7. The second-order valence-electron chi connectivity index (χ2n) is 5.23. The van der Waals surface area contributed by atoms with Gasteiger partial charge in [-0.3, -0.25) is 11.3 Å². The van der Waals surface area contributed by atoms with Gasteiger partial charge in [0.05, 0.1) is 0 Å². The van der Waals surface area contributed by atoms with Crippen molar-refractivity contribution in [3.63, 3.8) is 0 Å². The van der Waals surface area contributed by atoms with Crippen LogP contribution in [0, 0.1) is 0 Å². The van der Waals surface area contributed by atoms with Crippen molar-refractivity contribution in [1.82, 2.24) is 10.3 Å². The zero-order chi connectivity index (χ0) is 14.6. The molecule has 0 fully saturated rings. The number of hydrazine groups is 1. The molecule has 0 aliphatic carbocycles. The van der Waals surface area contributed by atoms with E-state index >= 15 is 0 Å². The number of halogens is 2. The summed E-state index contributed by atoms with van der Waals surface area (Å²) in [5.41, 5.74) is 3.79. The van der Waals surface area contributed by atoms with Gasteiger partial charge in [-0.2, -0.15) is 0 Å². The minimum absolute atomic E-state index is 0.0601. The van der Waals surface area contributed by atoms with Crippen LogP contribution in [-0.4, -0.2) is 30.6 Å². The molecule has 3 N–H and O–H groups in total. The zero-order valence-electron chi connectivity index (χ0n) is 12.0. The zero-order valence-corrected chi connectivity index (χ0v) is 13.5. The molecule has 0 heterocycles. The van der Waals surface area contributed by atoms with Gasteiger partial charge in [0.25, 0.3) is 0 Å². The Kier molecular flexibility index (Phi) is 6.09. The largest absolute Gasteiger partial charge is 0.302 e.